The lowest BCUT2D eigenvalue weighted by molar-refractivity contribution is -0.140. The van der Waals surface area contributed by atoms with Crippen molar-refractivity contribution in [3.63, 3.8) is 0 Å². The lowest BCUT2D eigenvalue weighted by atomic mass is 10.0. The van der Waals surface area contributed by atoms with E-state index < -0.39 is 28.5 Å². The number of anilines is 1. The maximum atomic E-state index is 14.7. The average Bonchev–Trinajstić information content (AvgIpc) is 3.11. The zero-order valence-electron chi connectivity index (χ0n) is 27.9. The standard InChI is InChI=1S/C37H41Cl2N3O5S2/c1-5-26(3)40-37(44)35(23-27-10-8-7-9-11-27)41(24-28-12-21-33(38)34(39)22-28)36(43)25-42(29-13-15-30(16-14-29)47-6-2)49(45,46)32-19-17-31(48-4)18-20-32/h7-22,26,35H,5-6,23-25H2,1-4H3,(H,40,44). The van der Waals surface area contributed by atoms with Gasteiger partial charge in [0.1, 0.15) is 18.3 Å². The van der Waals surface area contributed by atoms with E-state index >= 15 is 0 Å². The number of halogens is 2. The maximum Gasteiger partial charge on any atom is 0.264 e. The van der Waals surface area contributed by atoms with Gasteiger partial charge in [0.2, 0.25) is 11.8 Å². The predicted octanol–water partition coefficient (Wildman–Crippen LogP) is 7.86. The first-order valence-electron chi connectivity index (χ1n) is 15.9. The molecular formula is C37H41Cl2N3O5S2. The van der Waals surface area contributed by atoms with Crippen molar-refractivity contribution >= 4 is 62.5 Å². The van der Waals surface area contributed by atoms with Crippen molar-refractivity contribution in [2.75, 3.05) is 23.7 Å². The summed E-state index contributed by atoms with van der Waals surface area (Å²) in [6.45, 7) is 5.54. The molecule has 0 spiro atoms. The quantitative estimate of drug-likeness (QED) is 0.118. The largest absolute Gasteiger partial charge is 0.494 e. The first-order valence-corrected chi connectivity index (χ1v) is 19.4. The number of hydrogen-bond donors (Lipinski definition) is 1. The van der Waals surface area contributed by atoms with Gasteiger partial charge in [0.05, 0.1) is 27.2 Å². The summed E-state index contributed by atoms with van der Waals surface area (Å²) >= 11 is 14.1. The van der Waals surface area contributed by atoms with Crippen molar-refractivity contribution < 1.29 is 22.7 Å². The van der Waals surface area contributed by atoms with Crippen LogP contribution in [0.5, 0.6) is 5.75 Å². The summed E-state index contributed by atoms with van der Waals surface area (Å²) < 4.78 is 35.3. The van der Waals surface area contributed by atoms with E-state index in [0.717, 1.165) is 14.8 Å². The van der Waals surface area contributed by atoms with Crippen LogP contribution in [-0.4, -0.2) is 56.6 Å². The monoisotopic (exact) mass is 741 g/mol. The molecule has 0 aliphatic heterocycles. The number of ether oxygens (including phenoxy) is 1. The molecule has 12 heteroatoms. The fourth-order valence-electron chi connectivity index (χ4n) is 5.11. The Labute approximate surface area is 303 Å². The number of amides is 2. The molecule has 2 amide bonds. The Kier molecular flexibility index (Phi) is 13.8. The van der Waals surface area contributed by atoms with E-state index in [1.807, 2.05) is 57.4 Å². The van der Waals surface area contributed by atoms with Crippen LogP contribution in [0.3, 0.4) is 0 Å². The third kappa shape index (κ3) is 10.2. The average molecular weight is 743 g/mol. The number of carbonyl (C=O) groups excluding carboxylic acids is 2. The third-order valence-electron chi connectivity index (χ3n) is 7.97. The van der Waals surface area contributed by atoms with Gasteiger partial charge in [0.25, 0.3) is 10.0 Å². The highest BCUT2D eigenvalue weighted by Crippen LogP contribution is 2.29. The van der Waals surface area contributed by atoms with E-state index in [1.165, 1.54) is 28.8 Å². The Morgan fingerprint density at radius 3 is 2.14 bits per heavy atom. The SMILES string of the molecule is CCOc1ccc(N(CC(=O)N(Cc2ccc(Cl)c(Cl)c2)C(Cc2ccccc2)C(=O)NC(C)CC)S(=O)(=O)c2ccc(SC)cc2)cc1. The minimum atomic E-state index is -4.25. The van der Waals surface area contributed by atoms with Crippen molar-refractivity contribution in [3.05, 3.63) is 118 Å². The molecule has 260 valence electrons. The topological polar surface area (TPSA) is 96.0 Å². The summed E-state index contributed by atoms with van der Waals surface area (Å²) in [4.78, 5) is 31.0. The molecule has 1 N–H and O–H groups in total. The van der Waals surface area contributed by atoms with Gasteiger partial charge < -0.3 is 15.0 Å². The van der Waals surface area contributed by atoms with Crippen molar-refractivity contribution in [2.24, 2.45) is 0 Å². The van der Waals surface area contributed by atoms with E-state index in [9.17, 15) is 18.0 Å². The van der Waals surface area contributed by atoms with E-state index in [0.29, 0.717) is 34.4 Å². The summed E-state index contributed by atoms with van der Waals surface area (Å²) in [5, 5.41) is 3.67. The van der Waals surface area contributed by atoms with Crippen LogP contribution in [0.4, 0.5) is 5.69 Å². The Hall–Kier alpha value is -3.70. The number of nitrogens with zero attached hydrogens (tertiary/aromatic N) is 2. The second-order valence-corrected chi connectivity index (χ2v) is 15.0. The van der Waals surface area contributed by atoms with Crippen LogP contribution < -0.4 is 14.4 Å². The molecule has 0 fully saturated rings. The fourth-order valence-corrected chi connectivity index (χ4v) is 7.25. The number of sulfonamides is 1. The molecule has 0 aliphatic carbocycles. The van der Waals surface area contributed by atoms with Gasteiger partial charge in [-0.25, -0.2) is 8.42 Å². The van der Waals surface area contributed by atoms with Gasteiger partial charge in [0.15, 0.2) is 0 Å². The maximum absolute atomic E-state index is 14.7. The van der Waals surface area contributed by atoms with E-state index in [1.54, 1.807) is 54.6 Å². The third-order valence-corrected chi connectivity index (χ3v) is 11.2. The highest BCUT2D eigenvalue weighted by Gasteiger charge is 2.35. The van der Waals surface area contributed by atoms with Crippen LogP contribution in [0, 0.1) is 0 Å². The molecule has 4 aromatic carbocycles. The minimum absolute atomic E-state index is 0.0263. The molecule has 0 heterocycles. The summed E-state index contributed by atoms with van der Waals surface area (Å²) in [6, 6.07) is 26.3. The number of carbonyl (C=O) groups is 2. The van der Waals surface area contributed by atoms with E-state index in [-0.39, 0.29) is 35.5 Å². The molecule has 0 aromatic heterocycles. The predicted molar refractivity (Wildman–Crippen MR) is 199 cm³/mol. The normalized spacial score (nSPS) is 12.5. The Morgan fingerprint density at radius 2 is 1.55 bits per heavy atom. The molecule has 0 bridgehead atoms. The van der Waals surface area contributed by atoms with Crippen LogP contribution in [-0.2, 0) is 32.6 Å². The zero-order chi connectivity index (χ0) is 35.6. The molecule has 0 saturated heterocycles. The molecule has 0 aliphatic rings. The molecule has 0 saturated carbocycles. The smallest absolute Gasteiger partial charge is 0.264 e. The van der Waals surface area contributed by atoms with Crippen molar-refractivity contribution in [2.45, 2.75) is 62.0 Å². The summed E-state index contributed by atoms with van der Waals surface area (Å²) in [7, 11) is -4.25. The van der Waals surface area contributed by atoms with Crippen LogP contribution in [0.1, 0.15) is 38.3 Å². The second-order valence-electron chi connectivity index (χ2n) is 11.4. The first-order chi connectivity index (χ1) is 23.5. The summed E-state index contributed by atoms with van der Waals surface area (Å²) in [6.07, 6.45) is 2.78. The molecule has 2 atom stereocenters. The number of thioether (sulfide) groups is 1. The fraction of sp³-hybridized carbons (Fsp3) is 0.297. The van der Waals surface area contributed by atoms with Gasteiger partial charge in [-0.05, 0) is 98.3 Å². The molecule has 49 heavy (non-hydrogen) atoms. The molecule has 4 rings (SSSR count). The lowest BCUT2D eigenvalue weighted by Gasteiger charge is -2.34. The van der Waals surface area contributed by atoms with Crippen LogP contribution in [0.25, 0.3) is 0 Å². The number of rotatable bonds is 16. The Balaban J connectivity index is 1.82. The van der Waals surface area contributed by atoms with Gasteiger partial charge in [-0.3, -0.25) is 13.9 Å². The van der Waals surface area contributed by atoms with Crippen molar-refractivity contribution in [3.8, 4) is 5.75 Å². The summed E-state index contributed by atoms with van der Waals surface area (Å²) in [5.41, 5.74) is 1.73. The van der Waals surface area contributed by atoms with Gasteiger partial charge in [-0.15, -0.1) is 11.8 Å². The molecule has 0 radical (unpaired) electrons. The number of hydrogen-bond acceptors (Lipinski definition) is 6. The first kappa shape index (κ1) is 38.1. The van der Waals surface area contributed by atoms with Crippen LogP contribution in [0.2, 0.25) is 10.0 Å². The summed E-state index contributed by atoms with van der Waals surface area (Å²) in [5.74, 6) is -0.371. The highest BCUT2D eigenvalue weighted by molar-refractivity contribution is 7.98. The van der Waals surface area contributed by atoms with Crippen LogP contribution >= 0.6 is 35.0 Å². The molecule has 4 aromatic rings. The van der Waals surface area contributed by atoms with Gasteiger partial charge >= 0.3 is 0 Å². The van der Waals surface area contributed by atoms with Gasteiger partial charge in [-0.1, -0.05) is 66.5 Å². The zero-order valence-corrected chi connectivity index (χ0v) is 31.1. The van der Waals surface area contributed by atoms with Crippen molar-refractivity contribution in [1.29, 1.82) is 0 Å². The van der Waals surface area contributed by atoms with E-state index in [4.69, 9.17) is 27.9 Å². The molecule has 2 unspecified atom stereocenters. The Bertz CT molecular complexity index is 1810. The van der Waals surface area contributed by atoms with Gasteiger partial charge in [0, 0.05) is 23.9 Å². The molecule has 8 nitrogen and oxygen atoms in total. The lowest BCUT2D eigenvalue weighted by Crippen LogP contribution is -2.54. The number of benzene rings is 4. The van der Waals surface area contributed by atoms with Gasteiger partial charge in [-0.2, -0.15) is 0 Å². The number of nitrogens with one attached hydrogen (secondary N) is 1. The van der Waals surface area contributed by atoms with Crippen molar-refractivity contribution in [1.82, 2.24) is 10.2 Å². The van der Waals surface area contributed by atoms with Crippen LogP contribution in [0.15, 0.2) is 107 Å². The minimum Gasteiger partial charge on any atom is -0.494 e. The Morgan fingerprint density at radius 1 is 0.878 bits per heavy atom. The second kappa shape index (κ2) is 17.8. The molecular weight excluding hydrogens is 701 g/mol. The van der Waals surface area contributed by atoms with E-state index in [2.05, 4.69) is 5.32 Å². The highest BCUT2D eigenvalue weighted by atomic mass is 35.5.